The summed E-state index contributed by atoms with van der Waals surface area (Å²) in [6.45, 7) is 0. The van der Waals surface area contributed by atoms with Crippen molar-refractivity contribution in [2.24, 2.45) is 5.10 Å². The zero-order chi connectivity index (χ0) is 21.6. The molecule has 0 atom stereocenters. The molecule has 0 bridgehead atoms. The van der Waals surface area contributed by atoms with Crippen LogP contribution in [-0.2, 0) is 4.79 Å². The molecule has 8 heteroatoms. The summed E-state index contributed by atoms with van der Waals surface area (Å²) in [5, 5.41) is 5.44. The molecule has 0 saturated heterocycles. The normalized spacial score (nSPS) is 11.1. The summed E-state index contributed by atoms with van der Waals surface area (Å²) in [7, 11) is 0. The van der Waals surface area contributed by atoms with Gasteiger partial charge in [0.25, 0.3) is 11.5 Å². The Bertz CT molecular complexity index is 1320. The second-order valence-electron chi connectivity index (χ2n) is 6.49. The largest absolute Gasteiger partial charge is 0.272 e. The fourth-order valence-corrected chi connectivity index (χ4v) is 3.92. The molecule has 0 fully saturated rings. The number of fused-ring (bicyclic) bond motifs is 1. The van der Waals surface area contributed by atoms with Crippen LogP contribution in [0.5, 0.6) is 0 Å². The van der Waals surface area contributed by atoms with Crippen LogP contribution in [0.2, 0.25) is 5.02 Å². The maximum absolute atomic E-state index is 13.1. The molecule has 0 aliphatic rings. The minimum Gasteiger partial charge on any atom is -0.272 e. The van der Waals surface area contributed by atoms with Crippen molar-refractivity contribution in [2.75, 3.05) is 5.75 Å². The molecule has 0 aliphatic heterocycles. The molecule has 0 aliphatic carbocycles. The molecule has 1 heterocycles. The van der Waals surface area contributed by atoms with E-state index >= 15 is 0 Å². The summed E-state index contributed by atoms with van der Waals surface area (Å²) in [6.07, 6.45) is 1.49. The highest BCUT2D eigenvalue weighted by atomic mass is 35.5. The van der Waals surface area contributed by atoms with Gasteiger partial charge in [0.2, 0.25) is 0 Å². The highest BCUT2D eigenvalue weighted by molar-refractivity contribution is 7.99. The molecule has 1 amide bonds. The van der Waals surface area contributed by atoms with Gasteiger partial charge in [-0.3, -0.25) is 14.2 Å². The van der Waals surface area contributed by atoms with Crippen molar-refractivity contribution in [3.8, 4) is 5.69 Å². The Balaban J connectivity index is 1.56. The number of carbonyl (C=O) groups excluding carboxylic acids is 1. The van der Waals surface area contributed by atoms with Crippen molar-refractivity contribution in [3.05, 3.63) is 99.8 Å². The number of halogens is 1. The van der Waals surface area contributed by atoms with E-state index in [4.69, 9.17) is 11.6 Å². The number of nitrogens with one attached hydrogen (secondary N) is 1. The lowest BCUT2D eigenvalue weighted by Crippen LogP contribution is -2.24. The fraction of sp³-hybridized carbons (Fsp3) is 0.0435. The molecule has 0 spiro atoms. The molecule has 0 radical (unpaired) electrons. The molecule has 154 valence electrons. The smallest absolute Gasteiger partial charge is 0.266 e. The number of carbonyl (C=O) groups is 1. The van der Waals surface area contributed by atoms with Gasteiger partial charge in [0.05, 0.1) is 28.6 Å². The summed E-state index contributed by atoms with van der Waals surface area (Å²) >= 11 is 7.24. The van der Waals surface area contributed by atoms with E-state index in [0.717, 1.165) is 0 Å². The number of hydrogen-bond donors (Lipinski definition) is 1. The van der Waals surface area contributed by atoms with Crippen LogP contribution in [0.25, 0.3) is 16.6 Å². The first-order valence-electron chi connectivity index (χ1n) is 9.40. The van der Waals surface area contributed by atoms with E-state index in [9.17, 15) is 9.59 Å². The van der Waals surface area contributed by atoms with Crippen molar-refractivity contribution in [1.29, 1.82) is 0 Å². The number of aromatic nitrogens is 2. The third-order valence-corrected chi connectivity index (χ3v) is 5.67. The van der Waals surface area contributed by atoms with Crippen molar-refractivity contribution >= 4 is 46.4 Å². The summed E-state index contributed by atoms with van der Waals surface area (Å²) in [6, 6.07) is 23.6. The van der Waals surface area contributed by atoms with Gasteiger partial charge in [-0.1, -0.05) is 71.9 Å². The molecule has 31 heavy (non-hydrogen) atoms. The summed E-state index contributed by atoms with van der Waals surface area (Å²) in [5.41, 5.74) is 4.26. The zero-order valence-electron chi connectivity index (χ0n) is 16.2. The van der Waals surface area contributed by atoms with Crippen LogP contribution >= 0.6 is 23.4 Å². The number of amides is 1. The molecule has 1 aromatic heterocycles. The summed E-state index contributed by atoms with van der Waals surface area (Å²) in [5.74, 6) is -0.285. The fourth-order valence-electron chi connectivity index (χ4n) is 2.93. The van der Waals surface area contributed by atoms with Crippen LogP contribution in [0.1, 0.15) is 5.56 Å². The first-order chi connectivity index (χ1) is 15.1. The second kappa shape index (κ2) is 9.59. The van der Waals surface area contributed by atoms with E-state index in [1.165, 1.54) is 22.5 Å². The zero-order valence-corrected chi connectivity index (χ0v) is 17.8. The topological polar surface area (TPSA) is 76.3 Å². The SMILES string of the molecule is O=C(CSc1nc2ccccc2c(=O)n1-c1ccccc1)NN=Cc1ccccc1Cl. The second-order valence-corrected chi connectivity index (χ2v) is 7.84. The number of hydrogen-bond acceptors (Lipinski definition) is 5. The van der Waals surface area contributed by atoms with Crippen LogP contribution in [0, 0.1) is 0 Å². The minimum absolute atomic E-state index is 0.0392. The molecular weight excluding hydrogens is 432 g/mol. The molecule has 0 unspecified atom stereocenters. The lowest BCUT2D eigenvalue weighted by molar-refractivity contribution is -0.118. The number of para-hydroxylation sites is 2. The van der Waals surface area contributed by atoms with Gasteiger partial charge >= 0.3 is 0 Å². The van der Waals surface area contributed by atoms with E-state index in [0.29, 0.717) is 32.3 Å². The van der Waals surface area contributed by atoms with Gasteiger partial charge < -0.3 is 0 Å². The first-order valence-corrected chi connectivity index (χ1v) is 10.8. The molecule has 4 rings (SSSR count). The summed E-state index contributed by atoms with van der Waals surface area (Å²) < 4.78 is 1.52. The van der Waals surface area contributed by atoms with Gasteiger partial charge in [-0.25, -0.2) is 10.4 Å². The van der Waals surface area contributed by atoms with Crippen LogP contribution in [0.4, 0.5) is 0 Å². The molecular formula is C23H17ClN4O2S. The van der Waals surface area contributed by atoms with Gasteiger partial charge in [-0.2, -0.15) is 5.10 Å². The third-order valence-electron chi connectivity index (χ3n) is 4.39. The molecule has 0 saturated carbocycles. The standard InChI is InChI=1S/C23H17ClN4O2S/c24-19-12-6-4-8-16(19)14-25-27-21(29)15-31-23-26-20-13-7-5-11-18(20)22(30)28(23)17-9-2-1-3-10-17/h1-14H,15H2,(H,27,29). The monoisotopic (exact) mass is 448 g/mol. The van der Waals surface area contributed by atoms with Crippen molar-refractivity contribution in [1.82, 2.24) is 15.0 Å². The van der Waals surface area contributed by atoms with E-state index < -0.39 is 0 Å². The quantitative estimate of drug-likeness (QED) is 0.207. The molecule has 6 nitrogen and oxygen atoms in total. The minimum atomic E-state index is -0.324. The van der Waals surface area contributed by atoms with Crippen LogP contribution < -0.4 is 11.0 Å². The van der Waals surface area contributed by atoms with Crippen molar-refractivity contribution in [2.45, 2.75) is 5.16 Å². The molecule has 3 aromatic carbocycles. The van der Waals surface area contributed by atoms with E-state index in [2.05, 4.69) is 15.5 Å². The van der Waals surface area contributed by atoms with Gasteiger partial charge in [-0.05, 0) is 30.3 Å². The maximum Gasteiger partial charge on any atom is 0.266 e. The molecule has 1 N–H and O–H groups in total. The van der Waals surface area contributed by atoms with E-state index in [1.54, 1.807) is 30.3 Å². The Kier molecular flexibility index (Phi) is 6.45. The Hall–Kier alpha value is -3.42. The van der Waals surface area contributed by atoms with Crippen LogP contribution in [0.15, 0.2) is 93.9 Å². The highest BCUT2D eigenvalue weighted by Crippen LogP contribution is 2.21. The summed E-state index contributed by atoms with van der Waals surface area (Å²) in [4.78, 5) is 30.0. The van der Waals surface area contributed by atoms with Crippen molar-refractivity contribution in [3.63, 3.8) is 0 Å². The van der Waals surface area contributed by atoms with Crippen LogP contribution in [-0.4, -0.2) is 27.4 Å². The van der Waals surface area contributed by atoms with E-state index in [1.807, 2.05) is 48.5 Å². The number of rotatable bonds is 6. The Morgan fingerprint density at radius 3 is 2.55 bits per heavy atom. The van der Waals surface area contributed by atoms with Gasteiger partial charge in [0.1, 0.15) is 0 Å². The predicted molar refractivity (Wildman–Crippen MR) is 125 cm³/mol. The Morgan fingerprint density at radius 1 is 1.03 bits per heavy atom. The average Bonchev–Trinajstić information content (AvgIpc) is 2.80. The highest BCUT2D eigenvalue weighted by Gasteiger charge is 2.14. The third kappa shape index (κ3) is 4.84. The molecule has 4 aromatic rings. The number of thioether (sulfide) groups is 1. The average molecular weight is 449 g/mol. The van der Waals surface area contributed by atoms with Crippen molar-refractivity contribution < 1.29 is 4.79 Å². The van der Waals surface area contributed by atoms with Gasteiger partial charge in [0.15, 0.2) is 5.16 Å². The van der Waals surface area contributed by atoms with Gasteiger partial charge in [0, 0.05) is 10.6 Å². The number of nitrogens with zero attached hydrogens (tertiary/aromatic N) is 3. The predicted octanol–water partition coefficient (Wildman–Crippen LogP) is 4.28. The van der Waals surface area contributed by atoms with E-state index in [-0.39, 0.29) is 17.2 Å². The van der Waals surface area contributed by atoms with Crippen LogP contribution in [0.3, 0.4) is 0 Å². The Morgan fingerprint density at radius 2 is 1.74 bits per heavy atom. The van der Waals surface area contributed by atoms with Gasteiger partial charge in [-0.15, -0.1) is 0 Å². The lowest BCUT2D eigenvalue weighted by Gasteiger charge is -2.12. The first kappa shape index (κ1) is 20.8. The number of hydrazone groups is 1. The number of benzene rings is 3. The Labute approximate surface area is 187 Å². The lowest BCUT2D eigenvalue weighted by atomic mass is 10.2. The maximum atomic E-state index is 13.1.